The van der Waals surface area contributed by atoms with Crippen LogP contribution in [0, 0.1) is 0 Å². The van der Waals surface area contributed by atoms with Crippen LogP contribution in [0.25, 0.3) is 10.4 Å². The van der Waals surface area contributed by atoms with Gasteiger partial charge >= 0.3 is 0 Å². The summed E-state index contributed by atoms with van der Waals surface area (Å²) in [6.07, 6.45) is 2.37. The first-order valence-corrected chi connectivity index (χ1v) is 4.75. The molecule has 0 unspecified atom stereocenters. The van der Waals surface area contributed by atoms with E-state index < -0.39 is 0 Å². The summed E-state index contributed by atoms with van der Waals surface area (Å²) in [5, 5.41) is 6.33. The van der Waals surface area contributed by atoms with E-state index >= 15 is 0 Å². The highest BCUT2D eigenvalue weighted by molar-refractivity contribution is 7.09. The predicted octanol–water partition coefficient (Wildman–Crippen LogP) is 1.77. The molecule has 1 aromatic carbocycles. The largest absolute Gasteiger partial charge is 0.329 e. The van der Waals surface area contributed by atoms with Crippen molar-refractivity contribution in [3.8, 4) is 10.4 Å². The zero-order chi connectivity index (χ0) is 9.80. The van der Waals surface area contributed by atoms with Gasteiger partial charge in [-0.15, -0.1) is 5.10 Å². The predicted molar refractivity (Wildman–Crippen MR) is 55.0 cm³/mol. The molecule has 0 aliphatic rings. The van der Waals surface area contributed by atoms with Crippen LogP contribution < -0.4 is 5.32 Å². The van der Waals surface area contributed by atoms with Crippen LogP contribution in [-0.4, -0.2) is 16.0 Å². The summed E-state index contributed by atoms with van der Waals surface area (Å²) in [6, 6.07) is 7.51. The van der Waals surface area contributed by atoms with Crippen molar-refractivity contribution in [1.82, 2.24) is 9.59 Å². The number of hydrogen-bond donors (Lipinski definition) is 1. The van der Waals surface area contributed by atoms with Gasteiger partial charge in [-0.1, -0.05) is 16.6 Å². The van der Waals surface area contributed by atoms with E-state index in [1.807, 2.05) is 24.3 Å². The smallest absolute Gasteiger partial charge is 0.211 e. The first kappa shape index (κ1) is 8.83. The Bertz CT molecular complexity index is 410. The number of carbonyl (C=O) groups is 1. The number of nitrogens with one attached hydrogen (secondary N) is 1. The van der Waals surface area contributed by atoms with Crippen molar-refractivity contribution in [1.29, 1.82) is 0 Å². The van der Waals surface area contributed by atoms with E-state index in [1.54, 1.807) is 6.20 Å². The second-order valence-electron chi connectivity index (χ2n) is 2.62. The first-order chi connectivity index (χ1) is 6.90. The molecule has 5 heteroatoms. The van der Waals surface area contributed by atoms with Crippen LogP contribution in [0.5, 0.6) is 0 Å². The molecule has 0 radical (unpaired) electrons. The summed E-state index contributed by atoms with van der Waals surface area (Å²) in [4.78, 5) is 11.2. The van der Waals surface area contributed by atoms with E-state index in [9.17, 15) is 4.79 Å². The Labute approximate surface area is 84.8 Å². The van der Waals surface area contributed by atoms with Crippen LogP contribution in [0.4, 0.5) is 5.69 Å². The fourth-order valence-corrected chi connectivity index (χ4v) is 1.61. The number of aromatic nitrogens is 2. The van der Waals surface area contributed by atoms with Gasteiger partial charge < -0.3 is 5.32 Å². The Morgan fingerprint density at radius 3 is 2.64 bits per heavy atom. The molecule has 14 heavy (non-hydrogen) atoms. The Morgan fingerprint density at radius 2 is 2.07 bits per heavy atom. The molecular weight excluding hydrogens is 198 g/mol. The van der Waals surface area contributed by atoms with Crippen LogP contribution in [0.2, 0.25) is 0 Å². The molecule has 70 valence electrons. The van der Waals surface area contributed by atoms with Crippen molar-refractivity contribution in [2.75, 3.05) is 5.32 Å². The van der Waals surface area contributed by atoms with Crippen molar-refractivity contribution in [2.24, 2.45) is 0 Å². The van der Waals surface area contributed by atoms with Crippen molar-refractivity contribution in [3.63, 3.8) is 0 Å². The summed E-state index contributed by atoms with van der Waals surface area (Å²) in [5.74, 6) is 0. The third-order valence-electron chi connectivity index (χ3n) is 1.76. The lowest BCUT2D eigenvalue weighted by molar-refractivity contribution is -0.105. The van der Waals surface area contributed by atoms with Crippen LogP contribution in [0.15, 0.2) is 30.5 Å². The van der Waals surface area contributed by atoms with Gasteiger partial charge in [0, 0.05) is 5.69 Å². The Morgan fingerprint density at radius 1 is 1.29 bits per heavy atom. The summed E-state index contributed by atoms with van der Waals surface area (Å²) in [5.41, 5.74) is 1.83. The Balaban J connectivity index is 2.26. The highest BCUT2D eigenvalue weighted by Gasteiger charge is 1.99. The van der Waals surface area contributed by atoms with Crippen LogP contribution in [0.3, 0.4) is 0 Å². The molecule has 0 spiro atoms. The standard InChI is InChI=1S/C9H7N3OS/c13-6-10-8-3-1-7(2-4-8)9-5-11-12-14-9/h1-6H,(H,10,13). The average Bonchev–Trinajstić information content (AvgIpc) is 2.72. The molecule has 0 saturated carbocycles. The van der Waals surface area contributed by atoms with Gasteiger partial charge in [0.2, 0.25) is 6.41 Å². The lowest BCUT2D eigenvalue weighted by atomic mass is 10.2. The molecule has 0 atom stereocenters. The zero-order valence-corrected chi connectivity index (χ0v) is 7.99. The lowest BCUT2D eigenvalue weighted by Gasteiger charge is -1.99. The third-order valence-corrected chi connectivity index (χ3v) is 2.47. The van der Waals surface area contributed by atoms with Gasteiger partial charge in [0.25, 0.3) is 0 Å². The van der Waals surface area contributed by atoms with Crippen LogP contribution in [-0.2, 0) is 4.79 Å². The monoisotopic (exact) mass is 205 g/mol. The molecule has 0 bridgehead atoms. The molecule has 0 aliphatic carbocycles. The maximum atomic E-state index is 10.2. The van der Waals surface area contributed by atoms with Gasteiger partial charge in [0.1, 0.15) is 0 Å². The van der Waals surface area contributed by atoms with Gasteiger partial charge in [0.15, 0.2) is 0 Å². The third kappa shape index (κ3) is 1.77. The highest BCUT2D eigenvalue weighted by Crippen LogP contribution is 2.22. The summed E-state index contributed by atoms with van der Waals surface area (Å²) in [6.45, 7) is 0. The molecule has 1 heterocycles. The topological polar surface area (TPSA) is 54.9 Å². The zero-order valence-electron chi connectivity index (χ0n) is 7.18. The lowest BCUT2D eigenvalue weighted by Crippen LogP contribution is -1.92. The van der Waals surface area contributed by atoms with Gasteiger partial charge in [-0.25, -0.2) is 0 Å². The van der Waals surface area contributed by atoms with E-state index in [0.29, 0.717) is 6.41 Å². The van der Waals surface area contributed by atoms with Gasteiger partial charge in [-0.2, -0.15) is 0 Å². The number of carbonyl (C=O) groups excluding carboxylic acids is 1. The van der Waals surface area contributed by atoms with E-state index in [2.05, 4.69) is 14.9 Å². The number of anilines is 1. The fourth-order valence-electron chi connectivity index (χ4n) is 1.09. The number of rotatable bonds is 3. The minimum absolute atomic E-state index is 0.656. The van der Waals surface area contributed by atoms with Crippen molar-refractivity contribution in [3.05, 3.63) is 30.5 Å². The maximum absolute atomic E-state index is 10.2. The first-order valence-electron chi connectivity index (χ1n) is 3.98. The van der Waals surface area contributed by atoms with E-state index in [4.69, 9.17) is 0 Å². The number of amides is 1. The SMILES string of the molecule is O=CNc1ccc(-c2cnns2)cc1. The molecule has 0 saturated heterocycles. The van der Waals surface area contributed by atoms with Crippen molar-refractivity contribution >= 4 is 23.6 Å². The number of nitrogens with zero attached hydrogens (tertiary/aromatic N) is 2. The Hall–Kier alpha value is -1.75. The molecule has 2 aromatic rings. The maximum Gasteiger partial charge on any atom is 0.211 e. The molecule has 1 N–H and O–H groups in total. The molecule has 1 aromatic heterocycles. The van der Waals surface area contributed by atoms with Gasteiger partial charge in [-0.3, -0.25) is 4.79 Å². The normalized spacial score (nSPS) is 9.71. The quantitative estimate of drug-likeness (QED) is 0.777. The van der Waals surface area contributed by atoms with Gasteiger partial charge in [0.05, 0.1) is 11.1 Å². The second kappa shape index (κ2) is 3.97. The number of hydrogen-bond acceptors (Lipinski definition) is 4. The van der Waals surface area contributed by atoms with E-state index in [0.717, 1.165) is 16.1 Å². The van der Waals surface area contributed by atoms with Crippen LogP contribution in [0.1, 0.15) is 0 Å². The Kier molecular flexibility index (Phi) is 2.51. The molecule has 2 rings (SSSR count). The van der Waals surface area contributed by atoms with Gasteiger partial charge in [-0.05, 0) is 29.2 Å². The molecule has 1 amide bonds. The minimum atomic E-state index is 0.656. The fraction of sp³-hybridized carbons (Fsp3) is 0. The van der Waals surface area contributed by atoms with Crippen LogP contribution >= 0.6 is 11.5 Å². The van der Waals surface area contributed by atoms with E-state index in [1.165, 1.54) is 11.5 Å². The van der Waals surface area contributed by atoms with Crippen molar-refractivity contribution < 1.29 is 4.79 Å². The summed E-state index contributed by atoms with van der Waals surface area (Å²) >= 11 is 1.34. The molecule has 0 fully saturated rings. The minimum Gasteiger partial charge on any atom is -0.329 e. The number of benzene rings is 1. The molecule has 0 aliphatic heterocycles. The molecular formula is C9H7N3OS. The molecule has 4 nitrogen and oxygen atoms in total. The average molecular weight is 205 g/mol. The highest BCUT2D eigenvalue weighted by atomic mass is 32.1. The summed E-state index contributed by atoms with van der Waals surface area (Å²) < 4.78 is 3.78. The second-order valence-corrected chi connectivity index (χ2v) is 3.41. The summed E-state index contributed by atoms with van der Waals surface area (Å²) in [7, 11) is 0. The van der Waals surface area contributed by atoms with Crippen molar-refractivity contribution in [2.45, 2.75) is 0 Å². The van der Waals surface area contributed by atoms with E-state index in [-0.39, 0.29) is 0 Å².